The average molecular weight is 226 g/mol. The van der Waals surface area contributed by atoms with Crippen molar-refractivity contribution in [2.24, 2.45) is 0 Å². The number of ether oxygens (including phenoxy) is 1. The summed E-state index contributed by atoms with van der Waals surface area (Å²) in [6.07, 6.45) is -1.77. The number of hydrogen-bond donors (Lipinski definition) is 3. The summed E-state index contributed by atoms with van der Waals surface area (Å²) in [4.78, 5) is 10.6. The molecule has 0 saturated carbocycles. The maximum atomic E-state index is 10.6. The van der Waals surface area contributed by atoms with E-state index in [4.69, 9.17) is 9.84 Å². The van der Waals surface area contributed by atoms with Gasteiger partial charge < -0.3 is 20.1 Å². The summed E-state index contributed by atoms with van der Waals surface area (Å²) < 4.78 is 5.26. The van der Waals surface area contributed by atoms with Crippen LogP contribution in [0.15, 0.2) is 18.2 Å². The number of aliphatic hydroxyl groups is 1. The number of benzene rings is 1. The Labute approximate surface area is 92.9 Å². The van der Waals surface area contributed by atoms with E-state index in [1.807, 2.05) is 0 Å². The Hall–Kier alpha value is -1.75. The van der Waals surface area contributed by atoms with Crippen molar-refractivity contribution < 1.29 is 24.9 Å². The van der Waals surface area contributed by atoms with Crippen LogP contribution in [-0.4, -0.2) is 27.4 Å². The quantitative estimate of drug-likeness (QED) is 0.720. The minimum atomic E-state index is -1.62. The van der Waals surface area contributed by atoms with Gasteiger partial charge in [0.15, 0.2) is 17.6 Å². The number of hydrogen-bond acceptors (Lipinski definition) is 4. The number of aliphatic carboxylic acids is 1. The fourth-order valence-corrected chi connectivity index (χ4v) is 1.19. The van der Waals surface area contributed by atoms with E-state index in [2.05, 4.69) is 0 Å². The number of carboxylic acid groups (broad SMARTS) is 1. The molecule has 0 aliphatic rings. The molecule has 0 aromatic heterocycles. The topological polar surface area (TPSA) is 87.0 Å². The van der Waals surface area contributed by atoms with Crippen LogP contribution in [0.2, 0.25) is 0 Å². The minimum Gasteiger partial charge on any atom is -0.504 e. The number of phenolic OH excluding ortho intramolecular Hbond substituents is 1. The molecule has 0 spiro atoms. The lowest BCUT2D eigenvalue weighted by atomic mass is 10.1. The van der Waals surface area contributed by atoms with E-state index in [-0.39, 0.29) is 23.2 Å². The Kier molecular flexibility index (Phi) is 3.73. The predicted molar refractivity (Wildman–Crippen MR) is 56.5 cm³/mol. The molecule has 3 N–H and O–H groups in total. The molecule has 5 nitrogen and oxygen atoms in total. The van der Waals surface area contributed by atoms with Gasteiger partial charge in [-0.05, 0) is 31.5 Å². The van der Waals surface area contributed by atoms with Crippen molar-refractivity contribution in [1.82, 2.24) is 0 Å². The van der Waals surface area contributed by atoms with Gasteiger partial charge in [0.2, 0.25) is 0 Å². The number of aliphatic hydroxyl groups excluding tert-OH is 1. The van der Waals surface area contributed by atoms with E-state index in [0.29, 0.717) is 0 Å². The molecule has 16 heavy (non-hydrogen) atoms. The van der Waals surface area contributed by atoms with E-state index in [1.54, 1.807) is 13.8 Å². The Balaban J connectivity index is 3.02. The molecule has 1 atom stereocenters. The van der Waals surface area contributed by atoms with Crippen LogP contribution in [0.3, 0.4) is 0 Å². The fourth-order valence-electron chi connectivity index (χ4n) is 1.19. The summed E-state index contributed by atoms with van der Waals surface area (Å²) in [7, 11) is 0. The highest BCUT2D eigenvalue weighted by molar-refractivity contribution is 5.74. The summed E-state index contributed by atoms with van der Waals surface area (Å²) in [5.74, 6) is -1.27. The van der Waals surface area contributed by atoms with Crippen LogP contribution in [0.1, 0.15) is 25.5 Å². The van der Waals surface area contributed by atoms with Gasteiger partial charge in [0, 0.05) is 0 Å². The van der Waals surface area contributed by atoms with E-state index in [9.17, 15) is 15.0 Å². The molecular formula is C11H14O5. The van der Waals surface area contributed by atoms with Crippen molar-refractivity contribution in [3.05, 3.63) is 23.8 Å². The molecule has 0 aliphatic carbocycles. The number of carboxylic acids is 1. The van der Waals surface area contributed by atoms with Crippen molar-refractivity contribution in [3.8, 4) is 11.5 Å². The Morgan fingerprint density at radius 3 is 2.50 bits per heavy atom. The third-order valence-corrected chi connectivity index (χ3v) is 1.90. The van der Waals surface area contributed by atoms with Gasteiger partial charge in [-0.2, -0.15) is 0 Å². The van der Waals surface area contributed by atoms with Gasteiger partial charge in [-0.15, -0.1) is 0 Å². The van der Waals surface area contributed by atoms with Gasteiger partial charge in [-0.3, -0.25) is 0 Å². The van der Waals surface area contributed by atoms with Gasteiger partial charge in [0.05, 0.1) is 6.10 Å². The highest BCUT2D eigenvalue weighted by Gasteiger charge is 2.18. The van der Waals surface area contributed by atoms with Crippen LogP contribution in [0.4, 0.5) is 0 Å². The van der Waals surface area contributed by atoms with Crippen molar-refractivity contribution >= 4 is 5.97 Å². The van der Waals surface area contributed by atoms with Crippen LogP contribution in [0.25, 0.3) is 0 Å². The third kappa shape index (κ3) is 2.87. The van der Waals surface area contributed by atoms with Gasteiger partial charge in [0.1, 0.15) is 0 Å². The molecule has 0 fully saturated rings. The SMILES string of the molecule is CC(C)Oc1cc([C@@H](O)C(=O)O)ccc1O. The second-order valence-electron chi connectivity index (χ2n) is 3.63. The van der Waals surface area contributed by atoms with Crippen LogP contribution in [0, 0.1) is 0 Å². The molecule has 88 valence electrons. The van der Waals surface area contributed by atoms with E-state index in [0.717, 1.165) is 0 Å². The van der Waals surface area contributed by atoms with Crippen LogP contribution >= 0.6 is 0 Å². The summed E-state index contributed by atoms with van der Waals surface area (Å²) in [6.45, 7) is 3.56. The maximum absolute atomic E-state index is 10.6. The first-order valence-electron chi connectivity index (χ1n) is 4.82. The second-order valence-corrected chi connectivity index (χ2v) is 3.63. The first-order valence-corrected chi connectivity index (χ1v) is 4.82. The lowest BCUT2D eigenvalue weighted by molar-refractivity contribution is -0.146. The Morgan fingerprint density at radius 2 is 2.00 bits per heavy atom. The lowest BCUT2D eigenvalue weighted by Gasteiger charge is -2.13. The summed E-state index contributed by atoms with van der Waals surface area (Å²) in [5.41, 5.74) is 0.168. The zero-order valence-corrected chi connectivity index (χ0v) is 9.04. The van der Waals surface area contributed by atoms with Gasteiger partial charge in [-0.1, -0.05) is 6.07 Å². The van der Waals surface area contributed by atoms with Crippen molar-refractivity contribution in [2.75, 3.05) is 0 Å². The number of phenols is 1. The monoisotopic (exact) mass is 226 g/mol. The Bertz CT molecular complexity index is 386. The molecule has 0 saturated heterocycles. The number of rotatable bonds is 4. The van der Waals surface area contributed by atoms with Gasteiger partial charge in [-0.25, -0.2) is 4.79 Å². The molecular weight excluding hydrogens is 212 g/mol. The van der Waals surface area contributed by atoms with Crippen LogP contribution in [-0.2, 0) is 4.79 Å². The first-order chi connectivity index (χ1) is 7.41. The largest absolute Gasteiger partial charge is 0.504 e. The molecule has 5 heteroatoms. The van der Waals surface area contributed by atoms with E-state index < -0.39 is 12.1 Å². The lowest BCUT2D eigenvalue weighted by Crippen LogP contribution is -2.11. The molecule has 1 aromatic rings. The zero-order valence-electron chi connectivity index (χ0n) is 9.04. The molecule has 0 heterocycles. The fraction of sp³-hybridized carbons (Fsp3) is 0.364. The van der Waals surface area contributed by atoms with Gasteiger partial charge in [0.25, 0.3) is 0 Å². The smallest absolute Gasteiger partial charge is 0.337 e. The Morgan fingerprint density at radius 1 is 1.38 bits per heavy atom. The summed E-state index contributed by atoms with van der Waals surface area (Å²) in [6, 6.07) is 3.94. The minimum absolute atomic E-state index is 0.0879. The normalized spacial score (nSPS) is 12.5. The second kappa shape index (κ2) is 4.85. The standard InChI is InChI=1S/C11H14O5/c1-6(2)16-9-5-7(3-4-8(9)12)10(13)11(14)15/h3-6,10,12-13H,1-2H3,(H,14,15)/t10-/m1/s1. The molecule has 1 rings (SSSR count). The highest BCUT2D eigenvalue weighted by atomic mass is 16.5. The van der Waals surface area contributed by atoms with Crippen LogP contribution < -0.4 is 4.74 Å². The molecule has 0 unspecified atom stereocenters. The molecule has 0 bridgehead atoms. The van der Waals surface area contributed by atoms with Gasteiger partial charge >= 0.3 is 5.97 Å². The third-order valence-electron chi connectivity index (χ3n) is 1.90. The highest BCUT2D eigenvalue weighted by Crippen LogP contribution is 2.30. The first kappa shape index (κ1) is 12.3. The average Bonchev–Trinajstić information content (AvgIpc) is 2.19. The van der Waals surface area contributed by atoms with E-state index >= 15 is 0 Å². The van der Waals surface area contributed by atoms with Crippen molar-refractivity contribution in [1.29, 1.82) is 0 Å². The van der Waals surface area contributed by atoms with Crippen molar-refractivity contribution in [3.63, 3.8) is 0 Å². The maximum Gasteiger partial charge on any atom is 0.337 e. The van der Waals surface area contributed by atoms with Crippen molar-refractivity contribution in [2.45, 2.75) is 26.1 Å². The van der Waals surface area contributed by atoms with Crippen LogP contribution in [0.5, 0.6) is 11.5 Å². The predicted octanol–water partition coefficient (Wildman–Crippen LogP) is 1.30. The number of carbonyl (C=O) groups is 1. The number of aromatic hydroxyl groups is 1. The molecule has 0 aliphatic heterocycles. The molecule has 0 radical (unpaired) electrons. The summed E-state index contributed by atoms with van der Waals surface area (Å²) in [5, 5.41) is 27.4. The molecule has 1 aromatic carbocycles. The molecule has 0 amide bonds. The zero-order chi connectivity index (χ0) is 12.3. The van der Waals surface area contributed by atoms with E-state index in [1.165, 1.54) is 18.2 Å². The summed E-state index contributed by atoms with van der Waals surface area (Å²) >= 11 is 0.